The monoisotopic (exact) mass is 448 g/mol. The number of hydrogen-bond donors (Lipinski definition) is 0. The number of aromatic nitrogens is 2. The third-order valence-corrected chi connectivity index (χ3v) is 4.35. The number of ketones is 1. The summed E-state index contributed by atoms with van der Waals surface area (Å²) in [5.74, 6) is -0.379. The molecule has 0 aliphatic heterocycles. The van der Waals surface area contributed by atoms with Crippen LogP contribution in [0.3, 0.4) is 0 Å². The number of benzene rings is 1. The third kappa shape index (κ3) is 8.29. The Hall–Kier alpha value is -2.96. The fraction of sp³-hybridized carbons (Fsp3) is 0.400. The minimum Gasteiger partial charge on any atom is -0.338 e. The van der Waals surface area contributed by atoms with E-state index in [1.165, 1.54) is 0 Å². The zero-order valence-corrected chi connectivity index (χ0v) is 19.3. The van der Waals surface area contributed by atoms with E-state index in [0.29, 0.717) is 24.0 Å². The molecule has 0 fully saturated rings. The molecule has 0 bridgehead atoms. The number of allylic oxidation sites excluding steroid dienone is 5. The van der Waals surface area contributed by atoms with Crippen LogP contribution in [0.2, 0.25) is 0 Å². The maximum Gasteiger partial charge on any atom is 0.412 e. The van der Waals surface area contributed by atoms with Crippen LogP contribution in [0.25, 0.3) is 6.08 Å². The summed E-state index contributed by atoms with van der Waals surface area (Å²) in [5.41, 5.74) is 1.20. The molecule has 2 aromatic rings. The molecule has 0 radical (unpaired) electrons. The Balaban J connectivity index is 0.00000121. The fourth-order valence-electron chi connectivity index (χ4n) is 2.92. The van der Waals surface area contributed by atoms with Crippen LogP contribution in [-0.2, 0) is 6.42 Å². The SMILES string of the molecule is C/C(=C/c1ccccc1)C(=O)c1noc(CC2=CCCCC(C(F)(F)F)=C2)n1.CC.CC. The summed E-state index contributed by atoms with van der Waals surface area (Å²) in [6.45, 7) is 9.65. The Labute approximate surface area is 187 Å². The number of alkyl halides is 3. The lowest BCUT2D eigenvalue weighted by atomic mass is 10.1. The maximum atomic E-state index is 13.0. The Morgan fingerprint density at radius 2 is 1.78 bits per heavy atom. The molecule has 0 spiro atoms. The summed E-state index contributed by atoms with van der Waals surface area (Å²) in [5, 5.41) is 3.69. The Kier molecular flexibility index (Phi) is 11.4. The standard InChI is InChI=1S/C21H19F3N2O2.2C2H6/c1-14(11-15-7-3-2-4-8-15)19(27)20-25-18(28-26-20)13-16-9-5-6-10-17(12-16)21(22,23)24;2*1-2/h2-4,7-9,11-12H,5-6,10,13H2,1H3;2*1-2H3/b14-11-;;. The van der Waals surface area contributed by atoms with Gasteiger partial charge in [-0.25, -0.2) is 0 Å². The largest absolute Gasteiger partial charge is 0.412 e. The minimum atomic E-state index is -4.35. The quantitative estimate of drug-likeness (QED) is 0.350. The van der Waals surface area contributed by atoms with Crippen molar-refractivity contribution in [3.63, 3.8) is 0 Å². The molecular formula is C25H31F3N2O2. The first-order chi connectivity index (χ1) is 15.3. The Morgan fingerprint density at radius 3 is 2.41 bits per heavy atom. The number of carbonyl (C=O) groups is 1. The normalized spacial score (nSPS) is 14.1. The van der Waals surface area contributed by atoms with Crippen molar-refractivity contribution in [2.45, 2.75) is 66.5 Å². The highest BCUT2D eigenvalue weighted by atomic mass is 19.4. The van der Waals surface area contributed by atoms with E-state index < -0.39 is 11.7 Å². The van der Waals surface area contributed by atoms with Gasteiger partial charge in [-0.2, -0.15) is 18.2 Å². The second-order valence-electron chi connectivity index (χ2n) is 6.59. The van der Waals surface area contributed by atoms with E-state index in [0.717, 1.165) is 11.6 Å². The molecule has 1 aliphatic carbocycles. The highest BCUT2D eigenvalue weighted by Crippen LogP contribution is 2.33. The molecule has 174 valence electrons. The van der Waals surface area contributed by atoms with E-state index in [1.54, 1.807) is 19.1 Å². The summed E-state index contributed by atoms with van der Waals surface area (Å²) < 4.78 is 44.1. The summed E-state index contributed by atoms with van der Waals surface area (Å²) in [4.78, 5) is 16.5. The second kappa shape index (κ2) is 13.5. The lowest BCUT2D eigenvalue weighted by molar-refractivity contribution is -0.0940. The van der Waals surface area contributed by atoms with Gasteiger partial charge >= 0.3 is 6.18 Å². The van der Waals surface area contributed by atoms with Gasteiger partial charge in [0.25, 0.3) is 0 Å². The molecule has 0 amide bonds. The zero-order valence-electron chi connectivity index (χ0n) is 19.3. The van der Waals surface area contributed by atoms with E-state index in [-0.39, 0.29) is 30.3 Å². The van der Waals surface area contributed by atoms with E-state index >= 15 is 0 Å². The van der Waals surface area contributed by atoms with Crippen LogP contribution < -0.4 is 0 Å². The minimum absolute atomic E-state index is 0.0133. The summed E-state index contributed by atoms with van der Waals surface area (Å²) in [7, 11) is 0. The molecule has 32 heavy (non-hydrogen) atoms. The van der Waals surface area contributed by atoms with Gasteiger partial charge < -0.3 is 4.52 Å². The van der Waals surface area contributed by atoms with E-state index in [2.05, 4.69) is 10.1 Å². The lowest BCUT2D eigenvalue weighted by Gasteiger charge is -2.09. The number of carbonyl (C=O) groups excluding carboxylic acids is 1. The molecule has 4 nitrogen and oxygen atoms in total. The van der Waals surface area contributed by atoms with Crippen LogP contribution in [0.5, 0.6) is 0 Å². The van der Waals surface area contributed by atoms with Gasteiger partial charge in [0.05, 0.1) is 6.42 Å². The molecule has 1 aromatic carbocycles. The second-order valence-corrected chi connectivity index (χ2v) is 6.59. The third-order valence-electron chi connectivity index (χ3n) is 4.35. The molecule has 1 aliphatic rings. The van der Waals surface area contributed by atoms with Crippen molar-refractivity contribution in [3.05, 3.63) is 76.5 Å². The topological polar surface area (TPSA) is 56.0 Å². The van der Waals surface area contributed by atoms with Crippen LogP contribution in [0.15, 0.2) is 63.7 Å². The summed E-state index contributed by atoms with van der Waals surface area (Å²) in [6.07, 6.45) is 1.27. The molecule has 0 N–H and O–H groups in total. The van der Waals surface area contributed by atoms with Crippen molar-refractivity contribution < 1.29 is 22.5 Å². The van der Waals surface area contributed by atoms with Gasteiger partial charge in [-0.1, -0.05) is 75.3 Å². The van der Waals surface area contributed by atoms with Crippen molar-refractivity contribution in [2.24, 2.45) is 0 Å². The highest BCUT2D eigenvalue weighted by Gasteiger charge is 2.33. The van der Waals surface area contributed by atoms with Crippen molar-refractivity contribution in [3.8, 4) is 0 Å². The Morgan fingerprint density at radius 1 is 1.12 bits per heavy atom. The van der Waals surface area contributed by atoms with Crippen molar-refractivity contribution >= 4 is 11.9 Å². The van der Waals surface area contributed by atoms with Gasteiger partial charge in [0.2, 0.25) is 17.5 Å². The molecular weight excluding hydrogens is 417 g/mol. The molecule has 3 rings (SSSR count). The van der Waals surface area contributed by atoms with Crippen LogP contribution in [0, 0.1) is 0 Å². The first-order valence-corrected chi connectivity index (χ1v) is 10.9. The first kappa shape index (κ1) is 27.1. The zero-order chi connectivity index (χ0) is 24.1. The van der Waals surface area contributed by atoms with E-state index in [9.17, 15) is 18.0 Å². The molecule has 0 saturated heterocycles. The number of nitrogens with zero attached hydrogens (tertiary/aromatic N) is 2. The first-order valence-electron chi connectivity index (χ1n) is 10.9. The number of hydrogen-bond acceptors (Lipinski definition) is 4. The molecule has 0 atom stereocenters. The van der Waals surface area contributed by atoms with Crippen molar-refractivity contribution in [2.75, 3.05) is 0 Å². The highest BCUT2D eigenvalue weighted by molar-refractivity contribution is 6.08. The Bertz CT molecular complexity index is 940. The number of rotatable bonds is 5. The van der Waals surface area contributed by atoms with E-state index in [1.807, 2.05) is 58.0 Å². The molecule has 1 aromatic heterocycles. The summed E-state index contributed by atoms with van der Waals surface area (Å²) >= 11 is 0. The smallest absolute Gasteiger partial charge is 0.338 e. The van der Waals surface area contributed by atoms with Gasteiger partial charge in [-0.05, 0) is 43.4 Å². The lowest BCUT2D eigenvalue weighted by Crippen LogP contribution is -2.11. The molecule has 0 unspecified atom stereocenters. The van der Waals surface area contributed by atoms with Crippen LogP contribution in [0.4, 0.5) is 13.2 Å². The van der Waals surface area contributed by atoms with Gasteiger partial charge in [0.15, 0.2) is 0 Å². The number of Topliss-reactive ketones (excluding diaryl/α,β-unsaturated/α-hetero) is 1. The average molecular weight is 449 g/mol. The summed E-state index contributed by atoms with van der Waals surface area (Å²) in [6, 6.07) is 9.32. The molecule has 7 heteroatoms. The van der Waals surface area contributed by atoms with Gasteiger partial charge in [-0.15, -0.1) is 0 Å². The van der Waals surface area contributed by atoms with Crippen LogP contribution in [0.1, 0.15) is 76.0 Å². The maximum absolute atomic E-state index is 13.0. The number of halogens is 3. The predicted molar refractivity (Wildman–Crippen MR) is 121 cm³/mol. The van der Waals surface area contributed by atoms with Gasteiger partial charge in [0.1, 0.15) is 0 Å². The van der Waals surface area contributed by atoms with Crippen molar-refractivity contribution in [1.82, 2.24) is 10.1 Å². The van der Waals surface area contributed by atoms with Gasteiger partial charge in [0, 0.05) is 11.1 Å². The van der Waals surface area contributed by atoms with Gasteiger partial charge in [-0.3, -0.25) is 4.79 Å². The molecule has 1 heterocycles. The van der Waals surface area contributed by atoms with Crippen molar-refractivity contribution in [1.29, 1.82) is 0 Å². The van der Waals surface area contributed by atoms with E-state index in [4.69, 9.17) is 4.52 Å². The van der Waals surface area contributed by atoms with Crippen LogP contribution >= 0.6 is 0 Å². The van der Waals surface area contributed by atoms with Crippen LogP contribution in [-0.4, -0.2) is 22.1 Å². The average Bonchev–Trinajstić information content (AvgIpc) is 3.12. The fourth-order valence-corrected chi connectivity index (χ4v) is 2.92. The predicted octanol–water partition coefficient (Wildman–Crippen LogP) is 7.55. The molecule has 0 saturated carbocycles.